The summed E-state index contributed by atoms with van der Waals surface area (Å²) in [6.45, 7) is 2.73. The first-order valence-electron chi connectivity index (χ1n) is 5.83. The first-order valence-corrected chi connectivity index (χ1v) is 6.95. The van der Waals surface area contributed by atoms with E-state index in [-0.39, 0.29) is 5.82 Å². The van der Waals surface area contributed by atoms with E-state index < -0.39 is 0 Å². The van der Waals surface area contributed by atoms with Crippen LogP contribution in [0.2, 0.25) is 0 Å². The normalized spacial score (nSPS) is 19.9. The molecule has 1 aliphatic rings. The average molecular weight is 302 g/mol. The lowest BCUT2D eigenvalue weighted by atomic mass is 10.1. The lowest BCUT2D eigenvalue weighted by Crippen LogP contribution is -2.22. The Hall–Kier alpha value is -0.610. The quantitative estimate of drug-likeness (QED) is 0.792. The molecule has 0 radical (unpaired) electrons. The fourth-order valence-electron chi connectivity index (χ4n) is 2.40. The third-order valence-electron chi connectivity index (χ3n) is 3.26. The minimum absolute atomic E-state index is 0.130. The Morgan fingerprint density at radius 1 is 1.53 bits per heavy atom. The summed E-state index contributed by atoms with van der Waals surface area (Å²) in [6, 6.07) is 5.29. The van der Waals surface area contributed by atoms with Crippen LogP contribution in [0.5, 0.6) is 0 Å². The second-order valence-corrected chi connectivity index (χ2v) is 4.99. The van der Waals surface area contributed by atoms with Crippen LogP contribution in [0.15, 0.2) is 18.2 Å². The number of hydrogen-bond donors (Lipinski definition) is 0. The molecule has 0 aromatic heterocycles. The molecule has 2 rings (SSSR count). The van der Waals surface area contributed by atoms with Gasteiger partial charge in [-0.15, -0.1) is 0 Å². The van der Waals surface area contributed by atoms with Crippen LogP contribution < -0.4 is 4.90 Å². The van der Waals surface area contributed by atoms with Crippen LogP contribution in [0.25, 0.3) is 0 Å². The Balaban J connectivity index is 2.15. The highest BCUT2D eigenvalue weighted by atomic mass is 79.9. The van der Waals surface area contributed by atoms with E-state index in [0.29, 0.717) is 11.2 Å². The second-order valence-electron chi connectivity index (χ2n) is 4.43. The van der Waals surface area contributed by atoms with Crippen LogP contribution in [0.3, 0.4) is 0 Å². The summed E-state index contributed by atoms with van der Waals surface area (Å²) < 4.78 is 18.8. The summed E-state index contributed by atoms with van der Waals surface area (Å²) in [5.74, 6) is 0.431. The number of ether oxygens (including phenoxy) is 1. The molecule has 1 saturated heterocycles. The largest absolute Gasteiger partial charge is 0.384 e. The molecule has 1 aromatic rings. The van der Waals surface area contributed by atoms with Crippen molar-refractivity contribution in [1.29, 1.82) is 0 Å². The molecule has 0 N–H and O–H groups in total. The Bertz CT molecular complexity index is 386. The zero-order valence-electron chi connectivity index (χ0n) is 9.96. The molecule has 0 spiro atoms. The molecule has 0 aliphatic carbocycles. The summed E-state index contributed by atoms with van der Waals surface area (Å²) in [4.78, 5) is 2.25. The Morgan fingerprint density at radius 2 is 2.35 bits per heavy atom. The van der Waals surface area contributed by atoms with E-state index in [1.54, 1.807) is 13.2 Å². The number of halogens is 2. The van der Waals surface area contributed by atoms with Crippen molar-refractivity contribution in [1.82, 2.24) is 0 Å². The van der Waals surface area contributed by atoms with Crippen molar-refractivity contribution in [3.05, 3.63) is 29.6 Å². The second kappa shape index (κ2) is 5.83. The molecule has 4 heteroatoms. The monoisotopic (exact) mass is 301 g/mol. The first-order chi connectivity index (χ1) is 8.26. The molecular weight excluding hydrogens is 285 g/mol. The summed E-state index contributed by atoms with van der Waals surface area (Å²) in [5, 5.41) is 0.556. The number of benzene rings is 1. The fraction of sp³-hybridized carbons (Fsp3) is 0.538. The predicted octanol–water partition coefficient (Wildman–Crippen LogP) is 3.19. The highest BCUT2D eigenvalue weighted by molar-refractivity contribution is 9.08. The molecular formula is C13H17BrFNO. The van der Waals surface area contributed by atoms with E-state index in [1.807, 2.05) is 6.07 Å². The van der Waals surface area contributed by atoms with Gasteiger partial charge in [-0.25, -0.2) is 4.39 Å². The van der Waals surface area contributed by atoms with Crippen molar-refractivity contribution in [2.75, 3.05) is 31.7 Å². The molecule has 1 atom stereocenters. The van der Waals surface area contributed by atoms with Crippen molar-refractivity contribution in [2.45, 2.75) is 11.8 Å². The zero-order chi connectivity index (χ0) is 12.3. The summed E-state index contributed by atoms with van der Waals surface area (Å²) in [7, 11) is 1.73. The maximum atomic E-state index is 13.7. The minimum Gasteiger partial charge on any atom is -0.384 e. The van der Waals surface area contributed by atoms with Crippen molar-refractivity contribution in [3.8, 4) is 0 Å². The highest BCUT2D eigenvalue weighted by Gasteiger charge is 2.24. The van der Waals surface area contributed by atoms with Gasteiger partial charge >= 0.3 is 0 Å². The number of methoxy groups -OCH3 is 1. The minimum atomic E-state index is -0.130. The van der Waals surface area contributed by atoms with E-state index in [9.17, 15) is 4.39 Å². The molecule has 94 valence electrons. The van der Waals surface area contributed by atoms with Crippen LogP contribution in [0, 0.1) is 11.7 Å². The Morgan fingerprint density at radius 3 is 3.06 bits per heavy atom. The lowest BCUT2D eigenvalue weighted by molar-refractivity contribution is 0.161. The molecule has 1 fully saturated rings. The molecule has 0 bridgehead atoms. The van der Waals surface area contributed by atoms with Gasteiger partial charge in [0.1, 0.15) is 5.82 Å². The van der Waals surface area contributed by atoms with E-state index in [4.69, 9.17) is 4.74 Å². The summed E-state index contributed by atoms with van der Waals surface area (Å²) in [5.41, 5.74) is 1.77. The SMILES string of the molecule is COCC1CCN(c2cccc(F)c2CBr)C1. The molecule has 1 unspecified atom stereocenters. The van der Waals surface area contributed by atoms with Crippen LogP contribution in [-0.2, 0) is 10.1 Å². The Kier molecular flexibility index (Phi) is 4.40. The standard InChI is InChI=1S/C13H17BrFNO/c1-17-9-10-5-6-16(8-10)13-4-2-3-12(15)11(13)7-14/h2-4,10H,5-9H2,1H3. The molecule has 1 aliphatic heterocycles. The van der Waals surface area contributed by atoms with Gasteiger partial charge in [0.2, 0.25) is 0 Å². The van der Waals surface area contributed by atoms with Gasteiger partial charge in [-0.3, -0.25) is 0 Å². The van der Waals surface area contributed by atoms with Gasteiger partial charge in [0, 0.05) is 42.7 Å². The van der Waals surface area contributed by atoms with Gasteiger partial charge in [-0.2, -0.15) is 0 Å². The number of alkyl halides is 1. The predicted molar refractivity (Wildman–Crippen MR) is 71.2 cm³/mol. The van der Waals surface area contributed by atoms with Gasteiger partial charge < -0.3 is 9.64 Å². The molecule has 17 heavy (non-hydrogen) atoms. The molecule has 2 nitrogen and oxygen atoms in total. The van der Waals surface area contributed by atoms with Crippen LogP contribution in [0.4, 0.5) is 10.1 Å². The number of rotatable bonds is 4. The molecule has 1 aromatic carbocycles. The van der Waals surface area contributed by atoms with Crippen LogP contribution in [0.1, 0.15) is 12.0 Å². The lowest BCUT2D eigenvalue weighted by Gasteiger charge is -2.21. The van der Waals surface area contributed by atoms with Crippen LogP contribution in [-0.4, -0.2) is 26.8 Å². The molecule has 1 heterocycles. The summed E-state index contributed by atoms with van der Waals surface area (Å²) >= 11 is 3.36. The third-order valence-corrected chi connectivity index (χ3v) is 3.82. The number of nitrogens with zero attached hydrogens (tertiary/aromatic N) is 1. The molecule has 0 saturated carbocycles. The van der Waals surface area contributed by atoms with Crippen molar-refractivity contribution < 1.29 is 9.13 Å². The maximum Gasteiger partial charge on any atom is 0.129 e. The van der Waals surface area contributed by atoms with E-state index in [2.05, 4.69) is 20.8 Å². The zero-order valence-corrected chi connectivity index (χ0v) is 11.5. The smallest absolute Gasteiger partial charge is 0.129 e. The van der Waals surface area contributed by atoms with E-state index in [1.165, 1.54) is 6.07 Å². The topological polar surface area (TPSA) is 12.5 Å². The van der Waals surface area contributed by atoms with E-state index >= 15 is 0 Å². The number of anilines is 1. The average Bonchev–Trinajstić information content (AvgIpc) is 2.78. The maximum absolute atomic E-state index is 13.7. The Labute approximate surface area is 110 Å². The van der Waals surface area contributed by atoms with Gasteiger partial charge in [-0.1, -0.05) is 22.0 Å². The van der Waals surface area contributed by atoms with E-state index in [0.717, 1.165) is 37.4 Å². The number of hydrogen-bond acceptors (Lipinski definition) is 2. The fourth-order valence-corrected chi connectivity index (χ4v) is 2.95. The van der Waals surface area contributed by atoms with Gasteiger partial charge in [0.05, 0.1) is 6.61 Å². The van der Waals surface area contributed by atoms with Gasteiger partial charge in [-0.05, 0) is 18.6 Å². The van der Waals surface area contributed by atoms with Crippen LogP contribution >= 0.6 is 15.9 Å². The summed E-state index contributed by atoms with van der Waals surface area (Å²) in [6.07, 6.45) is 1.12. The van der Waals surface area contributed by atoms with Crippen molar-refractivity contribution >= 4 is 21.6 Å². The molecule has 0 amide bonds. The van der Waals surface area contributed by atoms with Gasteiger partial charge in [0.15, 0.2) is 0 Å². The first kappa shape index (κ1) is 12.8. The van der Waals surface area contributed by atoms with Gasteiger partial charge in [0.25, 0.3) is 0 Å². The van der Waals surface area contributed by atoms with Crippen molar-refractivity contribution in [2.24, 2.45) is 5.92 Å². The third kappa shape index (κ3) is 2.80. The van der Waals surface area contributed by atoms with Crippen molar-refractivity contribution in [3.63, 3.8) is 0 Å². The highest BCUT2D eigenvalue weighted by Crippen LogP contribution is 2.30.